The number of nitrogens with one attached hydrogen (secondary N) is 2. The fourth-order valence-corrected chi connectivity index (χ4v) is 2.64. The predicted molar refractivity (Wildman–Crippen MR) is 75.3 cm³/mol. The van der Waals surface area contributed by atoms with Crippen molar-refractivity contribution in [3.05, 3.63) is 11.9 Å². The van der Waals surface area contributed by atoms with Crippen LogP contribution in [0.25, 0.3) is 0 Å². The summed E-state index contributed by atoms with van der Waals surface area (Å²) >= 11 is 0. The van der Waals surface area contributed by atoms with Crippen molar-refractivity contribution in [3.63, 3.8) is 0 Å². The van der Waals surface area contributed by atoms with Crippen LogP contribution in [-0.2, 0) is 4.79 Å². The minimum atomic E-state index is -0.341. The number of rotatable bonds is 3. The van der Waals surface area contributed by atoms with Gasteiger partial charge in [0.15, 0.2) is 0 Å². The summed E-state index contributed by atoms with van der Waals surface area (Å²) in [6.45, 7) is 5.52. The molecule has 6 nitrogen and oxygen atoms in total. The molecule has 6 heteroatoms. The van der Waals surface area contributed by atoms with Gasteiger partial charge in [0.2, 0.25) is 5.91 Å². The van der Waals surface area contributed by atoms with Crippen LogP contribution in [-0.4, -0.2) is 43.1 Å². The second kappa shape index (κ2) is 5.03. The molecule has 1 fully saturated rings. The Morgan fingerprint density at radius 1 is 1.42 bits per heavy atom. The minimum absolute atomic E-state index is 0.0931. The summed E-state index contributed by atoms with van der Waals surface area (Å²) in [6.07, 6.45) is 2.40. The normalized spacial score (nSPS) is 22.4. The lowest BCUT2D eigenvalue weighted by molar-refractivity contribution is -0.128. The highest BCUT2D eigenvalue weighted by Crippen LogP contribution is 2.34. The molecule has 0 radical (unpaired) electrons. The number of amides is 1. The van der Waals surface area contributed by atoms with E-state index in [1.807, 2.05) is 20.9 Å². The number of carbonyl (C=O) groups is 1. The molecule has 0 bridgehead atoms. The zero-order chi connectivity index (χ0) is 14.0. The zero-order valence-corrected chi connectivity index (χ0v) is 11.9. The SMILES string of the molecule is CNC(=O)C1(C)CCN(c2ncnc(NC)c2C)C1. The van der Waals surface area contributed by atoms with Crippen LogP contribution in [0.5, 0.6) is 0 Å². The van der Waals surface area contributed by atoms with Crippen LogP contribution in [0.1, 0.15) is 18.9 Å². The van der Waals surface area contributed by atoms with Gasteiger partial charge in [0.25, 0.3) is 0 Å². The van der Waals surface area contributed by atoms with Gasteiger partial charge in [-0.1, -0.05) is 0 Å². The van der Waals surface area contributed by atoms with E-state index in [1.54, 1.807) is 13.4 Å². The average Bonchev–Trinajstić information content (AvgIpc) is 2.82. The van der Waals surface area contributed by atoms with Gasteiger partial charge in [0, 0.05) is 32.7 Å². The fourth-order valence-electron chi connectivity index (χ4n) is 2.64. The number of carbonyl (C=O) groups excluding carboxylic acids is 1. The van der Waals surface area contributed by atoms with Crippen LogP contribution in [0.2, 0.25) is 0 Å². The van der Waals surface area contributed by atoms with Gasteiger partial charge in [-0.3, -0.25) is 4.79 Å². The van der Waals surface area contributed by atoms with Crippen molar-refractivity contribution in [1.82, 2.24) is 15.3 Å². The third kappa shape index (κ3) is 2.34. The van der Waals surface area contributed by atoms with Crippen molar-refractivity contribution >= 4 is 17.5 Å². The second-order valence-corrected chi connectivity index (χ2v) is 5.23. The second-order valence-electron chi connectivity index (χ2n) is 5.23. The van der Waals surface area contributed by atoms with E-state index in [9.17, 15) is 4.79 Å². The number of aromatic nitrogens is 2. The van der Waals surface area contributed by atoms with Gasteiger partial charge in [0.1, 0.15) is 18.0 Å². The van der Waals surface area contributed by atoms with E-state index in [1.165, 1.54) is 0 Å². The first-order valence-electron chi connectivity index (χ1n) is 6.48. The van der Waals surface area contributed by atoms with Gasteiger partial charge in [-0.15, -0.1) is 0 Å². The summed E-state index contributed by atoms with van der Waals surface area (Å²) < 4.78 is 0. The molecule has 1 atom stereocenters. The number of nitrogens with zero attached hydrogens (tertiary/aromatic N) is 3. The summed E-state index contributed by atoms with van der Waals surface area (Å²) in [5.41, 5.74) is 0.678. The van der Waals surface area contributed by atoms with E-state index in [2.05, 4.69) is 25.5 Å². The standard InChI is InChI=1S/C13H21N5O/c1-9-10(14-3)16-8-17-11(9)18-6-5-13(2,7-18)12(19)15-4/h8H,5-7H2,1-4H3,(H,15,19)(H,14,16,17). The highest BCUT2D eigenvalue weighted by Gasteiger charge is 2.40. The summed E-state index contributed by atoms with van der Waals surface area (Å²) in [5.74, 6) is 1.83. The molecule has 1 saturated heterocycles. The maximum absolute atomic E-state index is 11.9. The molecular weight excluding hydrogens is 242 g/mol. The lowest BCUT2D eigenvalue weighted by Crippen LogP contribution is -2.39. The monoisotopic (exact) mass is 263 g/mol. The molecule has 1 amide bonds. The highest BCUT2D eigenvalue weighted by atomic mass is 16.2. The van der Waals surface area contributed by atoms with Crippen molar-refractivity contribution < 1.29 is 4.79 Å². The number of hydrogen-bond donors (Lipinski definition) is 2. The fraction of sp³-hybridized carbons (Fsp3) is 0.615. The van der Waals surface area contributed by atoms with E-state index in [-0.39, 0.29) is 11.3 Å². The molecule has 1 unspecified atom stereocenters. The van der Waals surface area contributed by atoms with Gasteiger partial charge in [-0.2, -0.15) is 0 Å². The molecule has 1 aromatic rings. The van der Waals surface area contributed by atoms with Crippen LogP contribution in [0, 0.1) is 12.3 Å². The van der Waals surface area contributed by atoms with Gasteiger partial charge in [0.05, 0.1) is 5.41 Å². The lowest BCUT2D eigenvalue weighted by Gasteiger charge is -2.24. The average molecular weight is 263 g/mol. The summed E-state index contributed by atoms with van der Waals surface area (Å²) in [7, 11) is 3.53. The van der Waals surface area contributed by atoms with Gasteiger partial charge >= 0.3 is 0 Å². The minimum Gasteiger partial charge on any atom is -0.373 e. The van der Waals surface area contributed by atoms with Crippen molar-refractivity contribution in [2.75, 3.05) is 37.4 Å². The Bertz CT molecular complexity index is 490. The van der Waals surface area contributed by atoms with E-state index in [0.717, 1.165) is 30.2 Å². The van der Waals surface area contributed by atoms with Crippen molar-refractivity contribution in [1.29, 1.82) is 0 Å². The zero-order valence-electron chi connectivity index (χ0n) is 11.9. The van der Waals surface area contributed by atoms with Crippen molar-refractivity contribution in [2.24, 2.45) is 5.41 Å². The Labute approximate surface area is 113 Å². The smallest absolute Gasteiger partial charge is 0.227 e. The van der Waals surface area contributed by atoms with Crippen LogP contribution >= 0.6 is 0 Å². The number of hydrogen-bond acceptors (Lipinski definition) is 5. The molecule has 1 aliphatic heterocycles. The van der Waals surface area contributed by atoms with Crippen LogP contribution in [0.3, 0.4) is 0 Å². The molecule has 0 saturated carbocycles. The first-order valence-corrected chi connectivity index (χ1v) is 6.48. The van der Waals surface area contributed by atoms with Crippen molar-refractivity contribution in [3.8, 4) is 0 Å². The Balaban J connectivity index is 2.24. The summed E-state index contributed by atoms with van der Waals surface area (Å²) in [5, 5.41) is 5.80. The Morgan fingerprint density at radius 2 is 2.16 bits per heavy atom. The largest absolute Gasteiger partial charge is 0.373 e. The molecule has 104 valence electrons. The van der Waals surface area contributed by atoms with E-state index >= 15 is 0 Å². The maximum Gasteiger partial charge on any atom is 0.227 e. The van der Waals surface area contributed by atoms with Gasteiger partial charge < -0.3 is 15.5 Å². The maximum atomic E-state index is 11.9. The third-order valence-electron chi connectivity index (χ3n) is 3.84. The molecule has 2 rings (SSSR count). The Kier molecular flexibility index (Phi) is 3.59. The summed E-state index contributed by atoms with van der Waals surface area (Å²) in [4.78, 5) is 22.6. The predicted octanol–water partition coefficient (Wildman–Crippen LogP) is 0.789. The molecule has 19 heavy (non-hydrogen) atoms. The van der Waals surface area contributed by atoms with Crippen LogP contribution in [0.4, 0.5) is 11.6 Å². The van der Waals surface area contributed by atoms with E-state index < -0.39 is 0 Å². The van der Waals surface area contributed by atoms with Crippen LogP contribution < -0.4 is 15.5 Å². The first kappa shape index (κ1) is 13.6. The molecule has 0 spiro atoms. The first-order chi connectivity index (χ1) is 9.01. The quantitative estimate of drug-likeness (QED) is 0.843. The highest BCUT2D eigenvalue weighted by molar-refractivity contribution is 5.83. The molecule has 2 N–H and O–H groups in total. The molecule has 1 aliphatic rings. The molecule has 2 heterocycles. The molecule has 1 aromatic heterocycles. The van der Waals surface area contributed by atoms with Crippen molar-refractivity contribution in [2.45, 2.75) is 20.3 Å². The third-order valence-corrected chi connectivity index (χ3v) is 3.84. The van der Waals surface area contributed by atoms with Gasteiger partial charge in [-0.25, -0.2) is 9.97 Å². The Hall–Kier alpha value is -1.85. The van der Waals surface area contributed by atoms with E-state index in [0.29, 0.717) is 6.54 Å². The Morgan fingerprint density at radius 3 is 2.79 bits per heavy atom. The molecular formula is C13H21N5O. The lowest BCUT2D eigenvalue weighted by atomic mass is 9.89. The topological polar surface area (TPSA) is 70.2 Å². The van der Waals surface area contributed by atoms with Gasteiger partial charge in [-0.05, 0) is 20.3 Å². The molecule has 0 aromatic carbocycles. The molecule has 0 aliphatic carbocycles. The summed E-state index contributed by atoms with van der Waals surface area (Å²) in [6, 6.07) is 0. The van der Waals surface area contributed by atoms with Crippen LogP contribution in [0.15, 0.2) is 6.33 Å². The van der Waals surface area contributed by atoms with E-state index in [4.69, 9.17) is 0 Å². The number of anilines is 2.